The summed E-state index contributed by atoms with van der Waals surface area (Å²) in [5.74, 6) is -1.71. The Labute approximate surface area is 187 Å². The molecule has 5 aromatic rings. The van der Waals surface area contributed by atoms with E-state index < -0.39 is 51.8 Å². The number of hydrogen-bond donors (Lipinski definition) is 2. The lowest BCUT2D eigenvalue weighted by atomic mass is 10.1. The van der Waals surface area contributed by atoms with Gasteiger partial charge in [-0.2, -0.15) is 22.8 Å². The summed E-state index contributed by atoms with van der Waals surface area (Å²) in [5, 5.41) is 13.3. The number of carboxylic acid groups (broad SMARTS) is 1. The molecular weight excluding hydrogens is 457 g/mol. The number of rotatable bonds is 4. The van der Waals surface area contributed by atoms with E-state index in [0.717, 1.165) is 0 Å². The van der Waals surface area contributed by atoms with Crippen LogP contribution in [0.5, 0.6) is 5.75 Å². The second-order valence-corrected chi connectivity index (χ2v) is 7.16. The van der Waals surface area contributed by atoms with Crippen LogP contribution in [0.2, 0.25) is 0 Å². The van der Waals surface area contributed by atoms with Crippen LogP contribution in [0.1, 0.15) is 16.2 Å². The molecule has 0 atom stereocenters. The van der Waals surface area contributed by atoms with Crippen LogP contribution >= 0.6 is 0 Å². The number of oxazole rings is 1. The van der Waals surface area contributed by atoms with Gasteiger partial charge in [-0.05, 0) is 17.7 Å². The van der Waals surface area contributed by atoms with Gasteiger partial charge in [-0.3, -0.25) is 4.79 Å². The number of aromatic amines is 1. The van der Waals surface area contributed by atoms with Crippen LogP contribution in [0.3, 0.4) is 0 Å². The van der Waals surface area contributed by atoms with Gasteiger partial charge in [0.25, 0.3) is 5.56 Å². The van der Waals surface area contributed by atoms with Gasteiger partial charge < -0.3 is 19.2 Å². The number of halogens is 3. The summed E-state index contributed by atoms with van der Waals surface area (Å²) in [6.07, 6.45) is -4.92. The monoisotopic (exact) mass is 470 g/mol. The number of nitrogens with one attached hydrogen (secondary N) is 1. The maximum Gasteiger partial charge on any atom is 0.435 e. The van der Waals surface area contributed by atoms with Crippen molar-refractivity contribution in [2.24, 2.45) is 0 Å². The molecule has 0 aliphatic carbocycles. The lowest BCUT2D eigenvalue weighted by Crippen LogP contribution is -2.22. The van der Waals surface area contributed by atoms with Crippen molar-refractivity contribution in [3.63, 3.8) is 0 Å². The number of para-hydroxylation sites is 1. The van der Waals surface area contributed by atoms with Crippen molar-refractivity contribution in [1.29, 1.82) is 0 Å². The van der Waals surface area contributed by atoms with E-state index in [1.54, 1.807) is 18.2 Å². The van der Waals surface area contributed by atoms with Gasteiger partial charge in [0.05, 0.1) is 12.7 Å². The number of carbonyl (C=O) groups is 1. The van der Waals surface area contributed by atoms with Crippen molar-refractivity contribution in [3.8, 4) is 28.3 Å². The van der Waals surface area contributed by atoms with Gasteiger partial charge in [0.15, 0.2) is 16.8 Å². The van der Waals surface area contributed by atoms with Gasteiger partial charge in [0.2, 0.25) is 5.89 Å². The minimum absolute atomic E-state index is 0.0937. The summed E-state index contributed by atoms with van der Waals surface area (Å²) in [6, 6.07) is 12.1. The number of aromatic carboxylic acids is 1. The molecule has 2 N–H and O–H groups in total. The first kappa shape index (κ1) is 21.2. The zero-order chi connectivity index (χ0) is 24.2. The first-order chi connectivity index (χ1) is 16.2. The quantitative estimate of drug-likeness (QED) is 0.403. The molecule has 0 fully saturated rings. The molecule has 0 spiro atoms. The van der Waals surface area contributed by atoms with E-state index >= 15 is 0 Å². The minimum atomic E-state index is -4.92. The Balaban J connectivity index is 1.89. The van der Waals surface area contributed by atoms with Gasteiger partial charge in [-0.15, -0.1) is 0 Å². The third-order valence-electron chi connectivity index (χ3n) is 5.15. The van der Waals surface area contributed by atoms with Crippen LogP contribution in [0.4, 0.5) is 13.2 Å². The molecule has 5 rings (SSSR count). The molecule has 0 bridgehead atoms. The SMILES string of the molecule is COc1cccc2oc(-c3c(C(=O)O)[nH]c4c(-c5ccccc5)c(C(F)(F)F)nn4c3=O)nc12. The number of aromatic nitrogens is 4. The van der Waals surface area contributed by atoms with Crippen molar-refractivity contribution >= 4 is 22.7 Å². The molecule has 0 saturated heterocycles. The lowest BCUT2D eigenvalue weighted by Gasteiger charge is -2.07. The molecule has 0 amide bonds. The van der Waals surface area contributed by atoms with Crippen LogP contribution in [-0.4, -0.2) is 37.8 Å². The second-order valence-electron chi connectivity index (χ2n) is 7.16. The average molecular weight is 470 g/mol. The van der Waals surface area contributed by atoms with Gasteiger partial charge in [-0.25, -0.2) is 9.78 Å². The number of methoxy groups -OCH3 is 1. The fourth-order valence-electron chi connectivity index (χ4n) is 3.70. The summed E-state index contributed by atoms with van der Waals surface area (Å²) >= 11 is 0. The molecule has 3 aromatic heterocycles. The van der Waals surface area contributed by atoms with E-state index in [-0.39, 0.29) is 16.7 Å². The van der Waals surface area contributed by atoms with Crippen molar-refractivity contribution in [2.45, 2.75) is 6.18 Å². The molecule has 3 heterocycles. The smallest absolute Gasteiger partial charge is 0.435 e. The number of nitrogens with zero attached hydrogens (tertiary/aromatic N) is 3. The standard InChI is InChI=1S/C22H13F3N4O5/c1-33-11-8-5-9-12-15(11)27-19(34-12)14-16(21(31)32)26-18-13(10-6-3-2-4-7-10)17(22(23,24)25)28-29(18)20(14)30/h2-9,26H,1H3,(H,31,32). The zero-order valence-electron chi connectivity index (χ0n) is 17.2. The topological polar surface area (TPSA) is 123 Å². The van der Waals surface area contributed by atoms with Gasteiger partial charge in [0, 0.05) is 0 Å². The summed E-state index contributed by atoms with van der Waals surface area (Å²) in [4.78, 5) is 32.0. The molecule has 172 valence electrons. The van der Waals surface area contributed by atoms with Crippen LogP contribution in [0.15, 0.2) is 57.7 Å². The molecule has 0 saturated carbocycles. The lowest BCUT2D eigenvalue weighted by molar-refractivity contribution is -0.140. The number of ether oxygens (including phenoxy) is 1. The summed E-state index contributed by atoms with van der Waals surface area (Å²) in [7, 11) is 1.39. The largest absolute Gasteiger partial charge is 0.494 e. The first-order valence-electron chi connectivity index (χ1n) is 9.69. The molecule has 34 heavy (non-hydrogen) atoms. The number of carboxylic acids is 1. The maximum absolute atomic E-state index is 13.9. The summed E-state index contributed by atoms with van der Waals surface area (Å²) in [6.45, 7) is 0. The highest BCUT2D eigenvalue weighted by molar-refractivity contribution is 5.95. The maximum atomic E-state index is 13.9. The molecular formula is C22H13F3N4O5. The van der Waals surface area contributed by atoms with Gasteiger partial charge in [0.1, 0.15) is 22.7 Å². The number of benzene rings is 2. The highest BCUT2D eigenvalue weighted by Crippen LogP contribution is 2.38. The Bertz CT molecular complexity index is 1630. The van der Waals surface area contributed by atoms with E-state index in [2.05, 4.69) is 15.1 Å². The number of fused-ring (bicyclic) bond motifs is 2. The highest BCUT2D eigenvalue weighted by atomic mass is 19.4. The number of hydrogen-bond acceptors (Lipinski definition) is 6. The molecule has 0 aliphatic rings. The average Bonchev–Trinajstić information content (AvgIpc) is 3.41. The Morgan fingerprint density at radius 2 is 1.85 bits per heavy atom. The summed E-state index contributed by atoms with van der Waals surface area (Å²) < 4.78 is 52.8. The zero-order valence-corrected chi connectivity index (χ0v) is 17.2. The molecule has 0 radical (unpaired) electrons. The minimum Gasteiger partial charge on any atom is -0.494 e. The van der Waals surface area contributed by atoms with E-state index in [0.29, 0.717) is 10.3 Å². The Morgan fingerprint density at radius 3 is 2.50 bits per heavy atom. The predicted molar refractivity (Wildman–Crippen MR) is 113 cm³/mol. The number of H-pyrrole nitrogens is 1. The van der Waals surface area contributed by atoms with Crippen molar-refractivity contribution in [1.82, 2.24) is 19.6 Å². The van der Waals surface area contributed by atoms with Crippen molar-refractivity contribution in [3.05, 3.63) is 70.3 Å². The fourth-order valence-corrected chi connectivity index (χ4v) is 3.70. The van der Waals surface area contributed by atoms with Crippen molar-refractivity contribution in [2.75, 3.05) is 7.11 Å². The highest BCUT2D eigenvalue weighted by Gasteiger charge is 2.40. The second kappa shape index (κ2) is 7.47. The van der Waals surface area contributed by atoms with E-state index in [1.807, 2.05) is 0 Å². The predicted octanol–water partition coefficient (Wildman–Crippen LogP) is 4.22. The third kappa shape index (κ3) is 3.18. The van der Waals surface area contributed by atoms with Crippen LogP contribution in [-0.2, 0) is 6.18 Å². The number of alkyl halides is 3. The molecule has 0 aliphatic heterocycles. The van der Waals surface area contributed by atoms with Crippen molar-refractivity contribution < 1.29 is 32.2 Å². The van der Waals surface area contributed by atoms with E-state index in [4.69, 9.17) is 9.15 Å². The third-order valence-corrected chi connectivity index (χ3v) is 5.15. The fraction of sp³-hybridized carbons (Fsp3) is 0.0909. The molecule has 9 nitrogen and oxygen atoms in total. The Kier molecular flexibility index (Phi) is 4.67. The molecule has 2 aromatic carbocycles. The first-order valence-corrected chi connectivity index (χ1v) is 9.69. The van der Waals surface area contributed by atoms with E-state index in [9.17, 15) is 27.9 Å². The summed E-state index contributed by atoms with van der Waals surface area (Å²) in [5.41, 5.74) is -4.19. The van der Waals surface area contributed by atoms with Crippen LogP contribution < -0.4 is 10.3 Å². The Hall–Kier alpha value is -4.61. The molecule has 12 heteroatoms. The van der Waals surface area contributed by atoms with E-state index in [1.165, 1.54) is 37.4 Å². The normalized spacial score (nSPS) is 11.9. The van der Waals surface area contributed by atoms with Crippen LogP contribution in [0.25, 0.3) is 39.3 Å². The van der Waals surface area contributed by atoms with Crippen LogP contribution in [0, 0.1) is 0 Å². The van der Waals surface area contributed by atoms with Gasteiger partial charge in [-0.1, -0.05) is 36.4 Å². The Morgan fingerprint density at radius 1 is 1.12 bits per heavy atom. The van der Waals surface area contributed by atoms with Gasteiger partial charge >= 0.3 is 12.1 Å². The molecule has 0 unspecified atom stereocenters.